The molecule has 0 heterocycles. The van der Waals surface area contributed by atoms with E-state index in [1.54, 1.807) is 0 Å². The highest BCUT2D eigenvalue weighted by molar-refractivity contribution is 7.91. The summed E-state index contributed by atoms with van der Waals surface area (Å²) in [6.07, 6.45) is 1.75. The zero-order chi connectivity index (χ0) is 10.3. The maximum absolute atomic E-state index is 11.3. The molecule has 1 unspecified atom stereocenters. The second-order valence-corrected chi connectivity index (χ2v) is 5.72. The summed E-state index contributed by atoms with van der Waals surface area (Å²) in [5.74, 6) is 0.584. The molecule has 0 saturated carbocycles. The van der Waals surface area contributed by atoms with Crippen molar-refractivity contribution in [3.05, 3.63) is 0 Å². The topological polar surface area (TPSA) is 46.2 Å². The average Bonchev–Trinajstić information content (AvgIpc) is 2.03. The molecule has 0 spiro atoms. The highest BCUT2D eigenvalue weighted by Crippen LogP contribution is 1.93. The van der Waals surface area contributed by atoms with Gasteiger partial charge in [-0.2, -0.15) is 0 Å². The summed E-state index contributed by atoms with van der Waals surface area (Å²) in [6, 6.07) is 0.414. The van der Waals surface area contributed by atoms with Crippen molar-refractivity contribution in [3.63, 3.8) is 0 Å². The molecule has 80 valence electrons. The maximum Gasteiger partial charge on any atom is 0.151 e. The lowest BCUT2D eigenvalue weighted by Crippen LogP contribution is -2.31. The zero-order valence-corrected chi connectivity index (χ0v) is 9.65. The zero-order valence-electron chi connectivity index (χ0n) is 8.84. The monoisotopic (exact) mass is 207 g/mol. The van der Waals surface area contributed by atoms with Crippen molar-refractivity contribution in [2.45, 2.75) is 39.7 Å². The van der Waals surface area contributed by atoms with Crippen molar-refractivity contribution < 1.29 is 8.42 Å². The molecule has 0 aliphatic heterocycles. The van der Waals surface area contributed by atoms with Crippen LogP contribution in [0.15, 0.2) is 0 Å². The van der Waals surface area contributed by atoms with E-state index in [-0.39, 0.29) is 5.75 Å². The van der Waals surface area contributed by atoms with Crippen LogP contribution in [0.1, 0.15) is 33.6 Å². The van der Waals surface area contributed by atoms with E-state index in [4.69, 9.17) is 0 Å². The van der Waals surface area contributed by atoms with E-state index in [1.807, 2.05) is 6.92 Å². The van der Waals surface area contributed by atoms with Crippen molar-refractivity contribution in [2.75, 3.05) is 18.1 Å². The van der Waals surface area contributed by atoms with Crippen LogP contribution in [0, 0.1) is 0 Å². The van der Waals surface area contributed by atoms with E-state index in [0.717, 1.165) is 6.42 Å². The smallest absolute Gasteiger partial charge is 0.151 e. The van der Waals surface area contributed by atoms with Crippen LogP contribution in [0.25, 0.3) is 0 Å². The van der Waals surface area contributed by atoms with Gasteiger partial charge in [-0.15, -0.1) is 0 Å². The number of hydrogen-bond acceptors (Lipinski definition) is 3. The predicted octanol–water partition coefficient (Wildman–Crippen LogP) is 1.20. The Morgan fingerprint density at radius 1 is 1.23 bits per heavy atom. The fourth-order valence-electron chi connectivity index (χ4n) is 1.02. The largest absolute Gasteiger partial charge is 0.313 e. The summed E-state index contributed by atoms with van der Waals surface area (Å²) in [7, 11) is -2.80. The van der Waals surface area contributed by atoms with Crippen molar-refractivity contribution >= 4 is 9.84 Å². The molecule has 0 saturated heterocycles. The molecule has 0 aliphatic carbocycles. The normalized spacial score (nSPS) is 14.4. The molecule has 3 nitrogen and oxygen atoms in total. The number of hydrogen-bond donors (Lipinski definition) is 1. The summed E-state index contributed by atoms with van der Waals surface area (Å²) in [5, 5.41) is 3.17. The molecular weight excluding hydrogens is 186 g/mol. The molecule has 0 fully saturated rings. The van der Waals surface area contributed by atoms with Gasteiger partial charge < -0.3 is 5.32 Å². The Hall–Kier alpha value is -0.0900. The first-order chi connectivity index (χ1) is 6.02. The summed E-state index contributed by atoms with van der Waals surface area (Å²) >= 11 is 0. The Morgan fingerprint density at radius 3 is 2.31 bits per heavy atom. The van der Waals surface area contributed by atoms with E-state index in [9.17, 15) is 8.42 Å². The van der Waals surface area contributed by atoms with Gasteiger partial charge in [-0.1, -0.05) is 13.8 Å². The van der Waals surface area contributed by atoms with E-state index in [1.165, 1.54) is 0 Å². The molecule has 0 rings (SSSR count). The standard InChI is InChI=1S/C9H21NO2S/c1-4-7-13(11,12)8-6-10-9(3)5-2/h9-10H,4-8H2,1-3H3. The molecule has 0 aromatic rings. The third kappa shape index (κ3) is 7.02. The van der Waals surface area contributed by atoms with Gasteiger partial charge in [0, 0.05) is 18.3 Å². The Balaban J connectivity index is 3.64. The summed E-state index contributed by atoms with van der Waals surface area (Å²) in [5.41, 5.74) is 0. The van der Waals surface area contributed by atoms with Crippen LogP contribution in [0.3, 0.4) is 0 Å². The lowest BCUT2D eigenvalue weighted by atomic mass is 10.3. The molecule has 4 heteroatoms. The second-order valence-electron chi connectivity index (χ2n) is 3.42. The van der Waals surface area contributed by atoms with E-state index in [0.29, 0.717) is 24.8 Å². The molecule has 0 aromatic heterocycles. The predicted molar refractivity (Wildman–Crippen MR) is 56.7 cm³/mol. The Morgan fingerprint density at radius 2 is 1.85 bits per heavy atom. The molecule has 0 aromatic carbocycles. The van der Waals surface area contributed by atoms with Gasteiger partial charge in [-0.3, -0.25) is 0 Å². The first-order valence-electron chi connectivity index (χ1n) is 4.95. The number of rotatable bonds is 7. The molecule has 0 amide bonds. The minimum Gasteiger partial charge on any atom is -0.313 e. The molecule has 0 aliphatic rings. The lowest BCUT2D eigenvalue weighted by Gasteiger charge is -2.10. The van der Waals surface area contributed by atoms with Gasteiger partial charge in [-0.25, -0.2) is 8.42 Å². The van der Waals surface area contributed by atoms with Crippen LogP contribution in [0.5, 0.6) is 0 Å². The quantitative estimate of drug-likeness (QED) is 0.682. The third-order valence-corrected chi connectivity index (χ3v) is 3.89. The van der Waals surface area contributed by atoms with Crippen molar-refractivity contribution in [3.8, 4) is 0 Å². The van der Waals surface area contributed by atoms with Gasteiger partial charge in [-0.05, 0) is 19.8 Å². The minimum absolute atomic E-state index is 0.269. The number of sulfone groups is 1. The Bertz CT molecular complexity index is 212. The van der Waals surface area contributed by atoms with Crippen molar-refractivity contribution in [1.29, 1.82) is 0 Å². The van der Waals surface area contributed by atoms with E-state index in [2.05, 4.69) is 19.2 Å². The Labute approximate surface area is 81.8 Å². The van der Waals surface area contributed by atoms with Crippen LogP contribution in [0.2, 0.25) is 0 Å². The first-order valence-corrected chi connectivity index (χ1v) is 6.77. The second kappa shape index (κ2) is 6.38. The fourth-order valence-corrected chi connectivity index (χ4v) is 2.27. The van der Waals surface area contributed by atoms with Gasteiger partial charge in [0.05, 0.1) is 5.75 Å². The van der Waals surface area contributed by atoms with Crippen LogP contribution >= 0.6 is 0 Å². The van der Waals surface area contributed by atoms with Gasteiger partial charge in [0.2, 0.25) is 0 Å². The third-order valence-electron chi connectivity index (χ3n) is 2.03. The molecule has 13 heavy (non-hydrogen) atoms. The molecule has 1 N–H and O–H groups in total. The first kappa shape index (κ1) is 12.9. The highest BCUT2D eigenvalue weighted by Gasteiger charge is 2.08. The van der Waals surface area contributed by atoms with Crippen LogP contribution in [0.4, 0.5) is 0 Å². The van der Waals surface area contributed by atoms with E-state index >= 15 is 0 Å². The van der Waals surface area contributed by atoms with E-state index < -0.39 is 9.84 Å². The van der Waals surface area contributed by atoms with Gasteiger partial charge >= 0.3 is 0 Å². The highest BCUT2D eigenvalue weighted by atomic mass is 32.2. The van der Waals surface area contributed by atoms with Crippen LogP contribution in [-0.4, -0.2) is 32.5 Å². The fraction of sp³-hybridized carbons (Fsp3) is 1.00. The molecule has 0 radical (unpaired) electrons. The molecule has 0 bridgehead atoms. The number of nitrogens with one attached hydrogen (secondary N) is 1. The van der Waals surface area contributed by atoms with Crippen molar-refractivity contribution in [2.24, 2.45) is 0 Å². The lowest BCUT2D eigenvalue weighted by molar-refractivity contribution is 0.544. The van der Waals surface area contributed by atoms with Crippen LogP contribution < -0.4 is 5.32 Å². The molecular formula is C9H21NO2S. The Kier molecular flexibility index (Phi) is 6.33. The summed E-state index contributed by atoms with van der Waals surface area (Å²) in [4.78, 5) is 0. The van der Waals surface area contributed by atoms with Crippen LogP contribution in [-0.2, 0) is 9.84 Å². The minimum atomic E-state index is -2.80. The van der Waals surface area contributed by atoms with Gasteiger partial charge in [0.1, 0.15) is 0 Å². The summed E-state index contributed by atoms with van der Waals surface area (Å²) < 4.78 is 22.5. The van der Waals surface area contributed by atoms with Gasteiger partial charge in [0.25, 0.3) is 0 Å². The maximum atomic E-state index is 11.3. The van der Waals surface area contributed by atoms with Gasteiger partial charge in [0.15, 0.2) is 9.84 Å². The molecule has 1 atom stereocenters. The average molecular weight is 207 g/mol. The SMILES string of the molecule is CCCS(=O)(=O)CCNC(C)CC. The summed E-state index contributed by atoms with van der Waals surface area (Å²) in [6.45, 7) is 6.61. The van der Waals surface area contributed by atoms with Crippen molar-refractivity contribution in [1.82, 2.24) is 5.32 Å².